The minimum absolute atomic E-state index is 0.413. The van der Waals surface area contributed by atoms with E-state index in [0.717, 1.165) is 0 Å². The first kappa shape index (κ1) is 11.0. The van der Waals surface area contributed by atoms with Gasteiger partial charge in [0.05, 0.1) is 12.7 Å². The lowest BCUT2D eigenvalue weighted by Crippen LogP contribution is -2.04. The van der Waals surface area contributed by atoms with E-state index in [-0.39, 0.29) is 0 Å². The Kier molecular flexibility index (Phi) is 3.25. The Labute approximate surface area is 97.7 Å². The van der Waals surface area contributed by atoms with Crippen LogP contribution in [0.4, 0.5) is 11.8 Å². The average Bonchev–Trinajstić information content (AvgIpc) is 2.39. The summed E-state index contributed by atoms with van der Waals surface area (Å²) in [7, 11) is 1.33. The summed E-state index contributed by atoms with van der Waals surface area (Å²) in [6.45, 7) is 0. The van der Waals surface area contributed by atoms with Crippen LogP contribution in [0.15, 0.2) is 36.8 Å². The predicted molar refractivity (Wildman–Crippen MR) is 60.9 cm³/mol. The van der Waals surface area contributed by atoms with Gasteiger partial charge in [0.1, 0.15) is 5.82 Å². The molecule has 6 nitrogen and oxygen atoms in total. The van der Waals surface area contributed by atoms with Crippen molar-refractivity contribution in [2.75, 3.05) is 12.4 Å². The highest BCUT2D eigenvalue weighted by atomic mass is 16.5. The highest BCUT2D eigenvalue weighted by Crippen LogP contribution is 2.11. The number of ether oxygens (including phenoxy) is 1. The van der Waals surface area contributed by atoms with Gasteiger partial charge in [0, 0.05) is 18.6 Å². The van der Waals surface area contributed by atoms with Crippen LogP contribution < -0.4 is 5.32 Å². The zero-order valence-corrected chi connectivity index (χ0v) is 9.12. The Morgan fingerprint density at radius 3 is 2.71 bits per heavy atom. The number of carbonyl (C=O) groups is 1. The lowest BCUT2D eigenvalue weighted by Gasteiger charge is -2.04. The van der Waals surface area contributed by atoms with Crippen LogP contribution in [0.5, 0.6) is 0 Å². The van der Waals surface area contributed by atoms with Crippen molar-refractivity contribution in [2.24, 2.45) is 0 Å². The summed E-state index contributed by atoms with van der Waals surface area (Å²) in [6, 6.07) is 4.86. The number of hydrogen-bond donors (Lipinski definition) is 1. The number of nitrogens with zero attached hydrogens (tertiary/aromatic N) is 3. The molecule has 0 aliphatic heterocycles. The van der Waals surface area contributed by atoms with Crippen LogP contribution in [0.2, 0.25) is 0 Å². The zero-order valence-electron chi connectivity index (χ0n) is 9.12. The fraction of sp³-hybridized carbons (Fsp3) is 0.0909. The van der Waals surface area contributed by atoms with E-state index in [0.29, 0.717) is 17.3 Å². The van der Waals surface area contributed by atoms with Crippen molar-refractivity contribution in [2.45, 2.75) is 0 Å². The minimum Gasteiger partial charge on any atom is -0.465 e. The molecule has 2 rings (SSSR count). The third-order valence-corrected chi connectivity index (χ3v) is 1.99. The van der Waals surface area contributed by atoms with Crippen LogP contribution in [-0.4, -0.2) is 28.0 Å². The Morgan fingerprint density at radius 1 is 1.24 bits per heavy atom. The van der Waals surface area contributed by atoms with E-state index in [1.54, 1.807) is 30.6 Å². The number of rotatable bonds is 3. The molecular formula is C11H10N4O2. The zero-order chi connectivity index (χ0) is 12.1. The topological polar surface area (TPSA) is 77.0 Å². The molecule has 0 unspecified atom stereocenters. The van der Waals surface area contributed by atoms with Gasteiger partial charge in [0.15, 0.2) is 0 Å². The summed E-state index contributed by atoms with van der Waals surface area (Å²) >= 11 is 0. The van der Waals surface area contributed by atoms with Crippen LogP contribution in [0.3, 0.4) is 0 Å². The lowest BCUT2D eigenvalue weighted by molar-refractivity contribution is 0.0600. The van der Waals surface area contributed by atoms with Gasteiger partial charge in [0.2, 0.25) is 5.95 Å². The SMILES string of the molecule is COC(=O)c1ccnc(Nc2ncccn2)c1. The van der Waals surface area contributed by atoms with Crippen molar-refractivity contribution >= 4 is 17.7 Å². The molecule has 2 heterocycles. The first-order chi connectivity index (χ1) is 8.29. The number of aromatic nitrogens is 3. The van der Waals surface area contributed by atoms with E-state index in [9.17, 15) is 4.79 Å². The van der Waals surface area contributed by atoms with Crippen LogP contribution in [-0.2, 0) is 4.74 Å². The lowest BCUT2D eigenvalue weighted by atomic mass is 10.2. The second kappa shape index (κ2) is 5.02. The Balaban J connectivity index is 2.20. The molecule has 2 aromatic heterocycles. The van der Waals surface area contributed by atoms with Gasteiger partial charge in [-0.2, -0.15) is 0 Å². The van der Waals surface area contributed by atoms with Gasteiger partial charge in [-0.05, 0) is 18.2 Å². The quantitative estimate of drug-likeness (QED) is 0.803. The van der Waals surface area contributed by atoms with Crippen molar-refractivity contribution in [1.82, 2.24) is 15.0 Å². The van der Waals surface area contributed by atoms with Crippen molar-refractivity contribution < 1.29 is 9.53 Å². The molecule has 0 aromatic carbocycles. The maximum atomic E-state index is 11.3. The number of nitrogens with one attached hydrogen (secondary N) is 1. The summed E-state index contributed by atoms with van der Waals surface area (Å²) in [5.41, 5.74) is 0.418. The maximum absolute atomic E-state index is 11.3. The molecule has 0 bridgehead atoms. The predicted octanol–water partition coefficient (Wildman–Crippen LogP) is 1.40. The second-order valence-electron chi connectivity index (χ2n) is 3.12. The fourth-order valence-electron chi connectivity index (χ4n) is 1.22. The van der Waals surface area contributed by atoms with Crippen molar-refractivity contribution in [3.8, 4) is 0 Å². The molecule has 17 heavy (non-hydrogen) atoms. The molecule has 6 heteroatoms. The van der Waals surface area contributed by atoms with Crippen LogP contribution in [0, 0.1) is 0 Å². The third kappa shape index (κ3) is 2.75. The van der Waals surface area contributed by atoms with Crippen molar-refractivity contribution in [3.63, 3.8) is 0 Å². The summed E-state index contributed by atoms with van der Waals surface area (Å²) < 4.78 is 4.62. The number of hydrogen-bond acceptors (Lipinski definition) is 6. The monoisotopic (exact) mass is 230 g/mol. The summed E-state index contributed by atoms with van der Waals surface area (Å²) in [6.07, 6.45) is 4.73. The number of carbonyl (C=O) groups excluding carboxylic acids is 1. The third-order valence-electron chi connectivity index (χ3n) is 1.99. The molecule has 0 radical (unpaired) electrons. The average molecular weight is 230 g/mol. The molecule has 0 spiro atoms. The molecule has 0 aliphatic rings. The van der Waals surface area contributed by atoms with E-state index in [1.165, 1.54) is 13.3 Å². The van der Waals surface area contributed by atoms with E-state index in [4.69, 9.17) is 0 Å². The van der Waals surface area contributed by atoms with Crippen LogP contribution >= 0.6 is 0 Å². The fourth-order valence-corrected chi connectivity index (χ4v) is 1.22. The molecular weight excluding hydrogens is 220 g/mol. The summed E-state index contributed by atoms with van der Waals surface area (Å²) in [4.78, 5) is 23.3. The van der Waals surface area contributed by atoms with E-state index in [1.807, 2.05) is 0 Å². The Bertz CT molecular complexity index is 516. The van der Waals surface area contributed by atoms with Gasteiger partial charge in [-0.1, -0.05) is 0 Å². The largest absolute Gasteiger partial charge is 0.465 e. The Hall–Kier alpha value is -2.50. The van der Waals surface area contributed by atoms with Gasteiger partial charge in [-0.3, -0.25) is 0 Å². The minimum atomic E-state index is -0.413. The number of esters is 1. The van der Waals surface area contributed by atoms with E-state index < -0.39 is 5.97 Å². The summed E-state index contributed by atoms with van der Waals surface area (Å²) in [5.74, 6) is 0.491. The molecule has 0 amide bonds. The van der Waals surface area contributed by atoms with Crippen LogP contribution in [0.25, 0.3) is 0 Å². The standard InChI is InChI=1S/C11H10N4O2/c1-17-10(16)8-3-6-12-9(7-8)15-11-13-4-2-5-14-11/h2-7H,1H3,(H,12,13,14,15). The van der Waals surface area contributed by atoms with Crippen molar-refractivity contribution in [1.29, 1.82) is 0 Å². The highest BCUT2D eigenvalue weighted by molar-refractivity contribution is 5.90. The normalized spacial score (nSPS) is 9.71. The van der Waals surface area contributed by atoms with Crippen LogP contribution in [0.1, 0.15) is 10.4 Å². The van der Waals surface area contributed by atoms with Gasteiger partial charge >= 0.3 is 5.97 Å². The molecule has 0 saturated carbocycles. The second-order valence-corrected chi connectivity index (χ2v) is 3.12. The number of methoxy groups -OCH3 is 1. The molecule has 1 N–H and O–H groups in total. The molecule has 0 fully saturated rings. The van der Waals surface area contributed by atoms with E-state index >= 15 is 0 Å². The molecule has 0 atom stereocenters. The Morgan fingerprint density at radius 2 is 2.00 bits per heavy atom. The highest BCUT2D eigenvalue weighted by Gasteiger charge is 2.06. The van der Waals surface area contributed by atoms with Gasteiger partial charge in [-0.15, -0.1) is 0 Å². The molecule has 86 valence electrons. The number of pyridine rings is 1. The van der Waals surface area contributed by atoms with Gasteiger partial charge in [0.25, 0.3) is 0 Å². The maximum Gasteiger partial charge on any atom is 0.338 e. The summed E-state index contributed by atoms with van der Waals surface area (Å²) in [5, 5.41) is 2.88. The first-order valence-corrected chi connectivity index (χ1v) is 4.88. The smallest absolute Gasteiger partial charge is 0.338 e. The number of anilines is 2. The molecule has 0 saturated heterocycles. The van der Waals surface area contributed by atoms with Gasteiger partial charge in [-0.25, -0.2) is 19.7 Å². The van der Waals surface area contributed by atoms with E-state index in [2.05, 4.69) is 25.0 Å². The molecule has 2 aromatic rings. The molecule has 0 aliphatic carbocycles. The first-order valence-electron chi connectivity index (χ1n) is 4.88. The van der Waals surface area contributed by atoms with Gasteiger partial charge < -0.3 is 10.1 Å². The van der Waals surface area contributed by atoms with Crippen molar-refractivity contribution in [3.05, 3.63) is 42.4 Å².